The van der Waals surface area contributed by atoms with E-state index in [2.05, 4.69) is 26.2 Å². The number of nitrogens with zero attached hydrogens (tertiary/aromatic N) is 2. The summed E-state index contributed by atoms with van der Waals surface area (Å²) < 4.78 is 26.8. The number of hydrogen-bond donors (Lipinski definition) is 1. The van der Waals surface area contributed by atoms with Gasteiger partial charge >= 0.3 is 0 Å². The van der Waals surface area contributed by atoms with Gasteiger partial charge in [-0.15, -0.1) is 0 Å². The van der Waals surface area contributed by atoms with Crippen LogP contribution < -0.4 is 15.0 Å². The highest BCUT2D eigenvalue weighted by Gasteiger charge is 2.42. The van der Waals surface area contributed by atoms with Crippen molar-refractivity contribution in [1.82, 2.24) is 10.3 Å². The van der Waals surface area contributed by atoms with Gasteiger partial charge in [-0.1, -0.05) is 24.3 Å². The summed E-state index contributed by atoms with van der Waals surface area (Å²) in [6, 6.07) is 29.3. The molecule has 194 valence electrons. The molecule has 1 fully saturated rings. The maximum atomic E-state index is 13.7. The number of rotatable bonds is 6. The van der Waals surface area contributed by atoms with Crippen molar-refractivity contribution in [2.75, 3.05) is 4.90 Å². The number of benzene rings is 3. The molecule has 0 aliphatic carbocycles. The largest absolute Gasteiger partial charge is 0.459 e. The number of ether oxygens (including phenoxy) is 1. The van der Waals surface area contributed by atoms with Crippen molar-refractivity contribution in [2.24, 2.45) is 0 Å². The molecular weight excluding hydrogens is 577 g/mol. The van der Waals surface area contributed by atoms with Gasteiger partial charge in [0, 0.05) is 21.9 Å². The molecule has 1 saturated heterocycles. The molecule has 3 aromatic carbocycles. The van der Waals surface area contributed by atoms with Crippen molar-refractivity contribution >= 4 is 38.9 Å². The lowest BCUT2D eigenvalue weighted by Crippen LogP contribution is -2.29. The number of thiocarbonyl (C=S) groups is 1. The molecule has 5 aromatic rings. The fourth-order valence-corrected chi connectivity index (χ4v) is 5.63. The fourth-order valence-electron chi connectivity index (χ4n) is 4.74. The molecule has 0 radical (unpaired) electrons. The first-order valence-corrected chi connectivity index (χ1v) is 13.6. The number of nitrogens with one attached hydrogen (secondary N) is 1. The van der Waals surface area contributed by atoms with Gasteiger partial charge in [0.05, 0.1) is 11.7 Å². The zero-order chi connectivity index (χ0) is 26.9. The molecule has 5 nitrogen and oxygen atoms in total. The molecule has 2 atom stereocenters. The van der Waals surface area contributed by atoms with Gasteiger partial charge in [-0.25, -0.2) is 4.39 Å². The topological polar surface area (TPSA) is 50.5 Å². The second-order valence-corrected chi connectivity index (χ2v) is 10.4. The minimum absolute atomic E-state index is 0.253. The number of halogens is 2. The van der Waals surface area contributed by atoms with Crippen molar-refractivity contribution in [2.45, 2.75) is 19.0 Å². The Balaban J connectivity index is 1.36. The van der Waals surface area contributed by atoms with Gasteiger partial charge in [0.25, 0.3) is 0 Å². The Hall–Kier alpha value is -4.01. The van der Waals surface area contributed by atoms with E-state index in [1.54, 1.807) is 12.3 Å². The van der Waals surface area contributed by atoms with Crippen LogP contribution in [0.3, 0.4) is 0 Å². The van der Waals surface area contributed by atoms with Crippen LogP contribution in [0.4, 0.5) is 10.1 Å². The van der Waals surface area contributed by atoms with Crippen LogP contribution in [0.25, 0.3) is 11.3 Å². The monoisotopic (exact) mass is 599 g/mol. The van der Waals surface area contributed by atoms with Gasteiger partial charge in [-0.3, -0.25) is 4.98 Å². The van der Waals surface area contributed by atoms with Crippen LogP contribution >= 0.6 is 28.1 Å². The number of aromatic nitrogens is 1. The van der Waals surface area contributed by atoms with Crippen LogP contribution in [0, 0.1) is 12.7 Å². The van der Waals surface area contributed by atoms with E-state index in [9.17, 15) is 4.39 Å². The number of pyridine rings is 1. The third-order valence-electron chi connectivity index (χ3n) is 6.65. The van der Waals surface area contributed by atoms with Crippen molar-refractivity contribution in [1.29, 1.82) is 0 Å². The summed E-state index contributed by atoms with van der Waals surface area (Å²) in [6.07, 6.45) is 1.76. The molecule has 0 spiro atoms. The number of anilines is 1. The summed E-state index contributed by atoms with van der Waals surface area (Å²) in [5.74, 6) is 2.54. The summed E-state index contributed by atoms with van der Waals surface area (Å²) >= 11 is 9.28. The van der Waals surface area contributed by atoms with E-state index in [1.165, 1.54) is 12.1 Å². The zero-order valence-corrected chi connectivity index (χ0v) is 23.2. The first-order chi connectivity index (χ1) is 19.0. The van der Waals surface area contributed by atoms with Crippen molar-refractivity contribution < 1.29 is 13.5 Å². The summed E-state index contributed by atoms with van der Waals surface area (Å²) in [4.78, 5) is 6.63. The first-order valence-electron chi connectivity index (χ1n) is 12.4. The van der Waals surface area contributed by atoms with Gasteiger partial charge in [-0.05, 0) is 113 Å². The Morgan fingerprint density at radius 3 is 2.51 bits per heavy atom. The molecule has 1 N–H and O–H groups in total. The van der Waals surface area contributed by atoms with E-state index in [0.29, 0.717) is 21.1 Å². The van der Waals surface area contributed by atoms with Gasteiger partial charge in [0.2, 0.25) is 0 Å². The van der Waals surface area contributed by atoms with E-state index >= 15 is 0 Å². The molecule has 0 bridgehead atoms. The lowest BCUT2D eigenvalue weighted by Gasteiger charge is -2.26. The maximum Gasteiger partial charge on any atom is 0.174 e. The minimum Gasteiger partial charge on any atom is -0.459 e. The number of aryl methyl sites for hydroxylation is 1. The molecule has 0 unspecified atom stereocenters. The quantitative estimate of drug-likeness (QED) is 0.197. The molecule has 1 aliphatic heterocycles. The van der Waals surface area contributed by atoms with Crippen LogP contribution in [-0.2, 0) is 0 Å². The van der Waals surface area contributed by atoms with Crippen molar-refractivity contribution in [3.05, 3.63) is 131 Å². The Bertz CT molecular complexity index is 1640. The van der Waals surface area contributed by atoms with E-state index in [1.807, 2.05) is 90.7 Å². The number of para-hydroxylation sites is 1. The number of hydrogen-bond acceptors (Lipinski definition) is 4. The Kier molecular flexibility index (Phi) is 6.89. The highest BCUT2D eigenvalue weighted by Crippen LogP contribution is 2.44. The lowest BCUT2D eigenvalue weighted by atomic mass is 10.0. The molecule has 3 heterocycles. The fraction of sp³-hybridized carbons (Fsp3) is 0.0968. The smallest absolute Gasteiger partial charge is 0.174 e. The minimum atomic E-state index is -0.320. The van der Waals surface area contributed by atoms with Gasteiger partial charge in [0.15, 0.2) is 5.11 Å². The van der Waals surface area contributed by atoms with Crippen molar-refractivity contribution in [3.8, 4) is 22.8 Å². The standard InChI is InChI=1S/C31H23BrFN3O2S/c1-19-6-2-3-8-26(19)37-22-12-10-21(11-13-22)36-30(29(35-31(36)39)25-7-4-5-17-34-25)28-16-15-27(38-28)23-14-9-20(33)18-24(23)32/h2-18,29-30H,1H3,(H,35,39)/t29-,30-/m1/s1. The molecule has 6 rings (SSSR count). The molecule has 8 heteroatoms. The third-order valence-corrected chi connectivity index (χ3v) is 7.62. The average molecular weight is 601 g/mol. The highest BCUT2D eigenvalue weighted by molar-refractivity contribution is 9.10. The number of furan rings is 1. The molecular formula is C31H23BrFN3O2S. The summed E-state index contributed by atoms with van der Waals surface area (Å²) in [5, 5.41) is 4.00. The molecule has 39 heavy (non-hydrogen) atoms. The van der Waals surface area contributed by atoms with Crippen LogP contribution in [0.5, 0.6) is 11.5 Å². The molecule has 1 aliphatic rings. The third kappa shape index (κ3) is 5.05. The normalized spacial score (nSPS) is 16.8. The lowest BCUT2D eigenvalue weighted by molar-refractivity contribution is 0.439. The Morgan fingerprint density at radius 1 is 0.974 bits per heavy atom. The molecule has 0 saturated carbocycles. The average Bonchev–Trinajstić information content (AvgIpc) is 3.55. The SMILES string of the molecule is Cc1ccccc1Oc1ccc(N2C(=S)N[C@H](c3ccccn3)[C@H]2c2ccc(-c3ccc(F)cc3Br)o2)cc1. The van der Waals surface area contributed by atoms with E-state index < -0.39 is 0 Å². The predicted molar refractivity (Wildman–Crippen MR) is 157 cm³/mol. The van der Waals surface area contributed by atoms with E-state index in [0.717, 1.165) is 34.0 Å². The molecule has 0 amide bonds. The van der Waals surface area contributed by atoms with E-state index in [-0.39, 0.29) is 17.9 Å². The summed E-state index contributed by atoms with van der Waals surface area (Å²) in [6.45, 7) is 2.02. The first kappa shape index (κ1) is 25.3. The van der Waals surface area contributed by atoms with Gasteiger partial charge in [0.1, 0.15) is 34.9 Å². The Labute approximate surface area is 239 Å². The Morgan fingerprint density at radius 2 is 1.77 bits per heavy atom. The van der Waals surface area contributed by atoms with E-state index in [4.69, 9.17) is 21.4 Å². The summed E-state index contributed by atoms with van der Waals surface area (Å²) in [5.41, 5.74) is 3.54. The second kappa shape index (κ2) is 10.6. The second-order valence-electron chi connectivity index (χ2n) is 9.18. The molecule has 2 aromatic heterocycles. The maximum absolute atomic E-state index is 13.7. The van der Waals surface area contributed by atoms with Gasteiger partial charge < -0.3 is 19.4 Å². The zero-order valence-electron chi connectivity index (χ0n) is 20.8. The van der Waals surface area contributed by atoms with Crippen molar-refractivity contribution in [3.63, 3.8) is 0 Å². The predicted octanol–water partition coefficient (Wildman–Crippen LogP) is 8.52. The van der Waals surface area contributed by atoms with Crippen LogP contribution in [-0.4, -0.2) is 10.1 Å². The summed E-state index contributed by atoms with van der Waals surface area (Å²) in [7, 11) is 0. The van der Waals surface area contributed by atoms with Gasteiger partial charge in [-0.2, -0.15) is 0 Å². The highest BCUT2D eigenvalue weighted by atomic mass is 79.9. The van der Waals surface area contributed by atoms with Crippen LogP contribution in [0.1, 0.15) is 29.1 Å². The van der Waals surface area contributed by atoms with Crippen LogP contribution in [0.2, 0.25) is 0 Å². The van der Waals surface area contributed by atoms with Crippen LogP contribution in [0.15, 0.2) is 112 Å².